The number of carbonyl (C=O) groups is 2. The second-order valence-corrected chi connectivity index (χ2v) is 7.34. The van der Waals surface area contributed by atoms with E-state index in [1.54, 1.807) is 19.1 Å². The molecule has 0 saturated heterocycles. The number of hydrogen-bond acceptors (Lipinski definition) is 4. The zero-order valence-corrected chi connectivity index (χ0v) is 17.2. The van der Waals surface area contributed by atoms with E-state index in [1.165, 1.54) is 7.11 Å². The number of carbonyl (C=O) groups excluding carboxylic acids is 2. The Balaban J connectivity index is 1.90. The molecule has 0 aromatic heterocycles. The molecular weight excluding hydrogens is 376 g/mol. The maximum Gasteiger partial charge on any atom is 0.337 e. The van der Waals surface area contributed by atoms with E-state index in [-0.39, 0.29) is 11.8 Å². The molecule has 0 saturated carbocycles. The van der Waals surface area contributed by atoms with E-state index in [2.05, 4.69) is 13.0 Å². The smallest absolute Gasteiger partial charge is 0.337 e. The molecule has 0 atom stereocenters. The Morgan fingerprint density at radius 1 is 0.833 bits per heavy atom. The van der Waals surface area contributed by atoms with Crippen LogP contribution < -0.4 is 4.74 Å². The molecule has 0 unspecified atom stereocenters. The molecule has 0 bridgehead atoms. The Kier molecular flexibility index (Phi) is 5.23. The fourth-order valence-electron chi connectivity index (χ4n) is 3.72. The van der Waals surface area contributed by atoms with Crippen LogP contribution in [-0.4, -0.2) is 25.5 Å². The number of aryl methyl sites for hydroxylation is 1. The van der Waals surface area contributed by atoms with Gasteiger partial charge in [0.15, 0.2) is 5.78 Å². The number of ketones is 1. The minimum atomic E-state index is -0.369. The van der Waals surface area contributed by atoms with Crippen LogP contribution in [0.3, 0.4) is 0 Å². The number of ether oxygens (including phenoxy) is 2. The van der Waals surface area contributed by atoms with Crippen molar-refractivity contribution in [2.75, 3.05) is 13.7 Å². The zero-order valence-electron chi connectivity index (χ0n) is 17.2. The molecule has 1 heterocycles. The van der Waals surface area contributed by atoms with Gasteiger partial charge in [-0.15, -0.1) is 0 Å². The van der Waals surface area contributed by atoms with E-state index in [4.69, 9.17) is 9.47 Å². The third-order valence-corrected chi connectivity index (χ3v) is 5.31. The van der Waals surface area contributed by atoms with Gasteiger partial charge in [0.25, 0.3) is 0 Å². The predicted molar refractivity (Wildman–Crippen MR) is 117 cm³/mol. The standard InChI is InChI=1S/C26H22O4/c1-16-4-13-24-22(14-16)23(15-30-24)25(19-7-5-18(6-8-19)17(2)27)20-9-11-21(12-10-20)26(28)29-3/h4-14H,15H2,1-3H3/b25-23-. The molecule has 3 aromatic carbocycles. The van der Waals surface area contributed by atoms with Crippen molar-refractivity contribution in [2.24, 2.45) is 0 Å². The first-order chi connectivity index (χ1) is 14.5. The molecule has 0 fully saturated rings. The summed E-state index contributed by atoms with van der Waals surface area (Å²) in [4.78, 5) is 23.5. The van der Waals surface area contributed by atoms with E-state index in [0.717, 1.165) is 39.1 Å². The van der Waals surface area contributed by atoms with Crippen molar-refractivity contribution in [1.82, 2.24) is 0 Å². The van der Waals surface area contributed by atoms with Crippen LogP contribution in [0, 0.1) is 6.92 Å². The van der Waals surface area contributed by atoms with Crippen LogP contribution in [0.1, 0.15) is 49.9 Å². The van der Waals surface area contributed by atoms with Gasteiger partial charge in [-0.25, -0.2) is 4.79 Å². The highest BCUT2D eigenvalue weighted by molar-refractivity contribution is 6.02. The number of esters is 1. The monoisotopic (exact) mass is 398 g/mol. The molecule has 4 heteroatoms. The molecule has 1 aliphatic heterocycles. The third-order valence-electron chi connectivity index (χ3n) is 5.31. The summed E-state index contributed by atoms with van der Waals surface area (Å²) in [5.41, 5.74) is 7.44. The summed E-state index contributed by atoms with van der Waals surface area (Å²) >= 11 is 0. The van der Waals surface area contributed by atoms with Crippen LogP contribution >= 0.6 is 0 Å². The van der Waals surface area contributed by atoms with Crippen molar-refractivity contribution in [1.29, 1.82) is 0 Å². The Labute approximate surface area is 175 Å². The topological polar surface area (TPSA) is 52.6 Å². The first kappa shape index (κ1) is 19.6. The van der Waals surface area contributed by atoms with Crippen molar-refractivity contribution < 1.29 is 19.1 Å². The molecule has 4 rings (SSSR count). The molecule has 4 nitrogen and oxygen atoms in total. The van der Waals surface area contributed by atoms with Gasteiger partial charge in [0.1, 0.15) is 12.4 Å². The highest BCUT2D eigenvalue weighted by Crippen LogP contribution is 2.41. The van der Waals surface area contributed by atoms with Crippen molar-refractivity contribution in [3.63, 3.8) is 0 Å². The van der Waals surface area contributed by atoms with Gasteiger partial charge < -0.3 is 9.47 Å². The number of methoxy groups -OCH3 is 1. The van der Waals surface area contributed by atoms with Crippen LogP contribution in [-0.2, 0) is 4.74 Å². The number of hydrogen-bond donors (Lipinski definition) is 0. The first-order valence-electron chi connectivity index (χ1n) is 9.75. The SMILES string of the molecule is COC(=O)c1ccc(/C(=C2/COc3ccc(C)cc32)c2ccc(C(C)=O)cc2)cc1. The minimum absolute atomic E-state index is 0.0309. The number of benzene rings is 3. The molecule has 1 aliphatic rings. The summed E-state index contributed by atoms with van der Waals surface area (Å²) in [6.07, 6.45) is 0. The summed E-state index contributed by atoms with van der Waals surface area (Å²) in [5, 5.41) is 0. The quantitative estimate of drug-likeness (QED) is 0.440. The number of fused-ring (bicyclic) bond motifs is 1. The van der Waals surface area contributed by atoms with Crippen molar-refractivity contribution in [3.05, 3.63) is 100 Å². The van der Waals surface area contributed by atoms with Gasteiger partial charge in [-0.3, -0.25) is 4.79 Å². The molecular formula is C26H22O4. The van der Waals surface area contributed by atoms with Crippen molar-refractivity contribution in [3.8, 4) is 5.75 Å². The fourth-order valence-corrected chi connectivity index (χ4v) is 3.72. The molecule has 0 radical (unpaired) electrons. The van der Waals surface area contributed by atoms with Gasteiger partial charge in [0.05, 0.1) is 12.7 Å². The van der Waals surface area contributed by atoms with Gasteiger partial charge in [0, 0.05) is 16.7 Å². The van der Waals surface area contributed by atoms with E-state index in [9.17, 15) is 9.59 Å². The van der Waals surface area contributed by atoms with E-state index >= 15 is 0 Å². The molecule has 0 aliphatic carbocycles. The highest BCUT2D eigenvalue weighted by atomic mass is 16.5. The lowest BCUT2D eigenvalue weighted by Gasteiger charge is -2.14. The van der Waals surface area contributed by atoms with Gasteiger partial charge in [-0.2, -0.15) is 0 Å². The Hall–Kier alpha value is -3.66. The second kappa shape index (κ2) is 7.99. The summed E-state index contributed by atoms with van der Waals surface area (Å²) in [6.45, 7) is 4.08. The summed E-state index contributed by atoms with van der Waals surface area (Å²) in [5.74, 6) is 0.523. The average molecular weight is 398 g/mol. The minimum Gasteiger partial charge on any atom is -0.488 e. The number of rotatable bonds is 4. The highest BCUT2D eigenvalue weighted by Gasteiger charge is 2.23. The lowest BCUT2D eigenvalue weighted by molar-refractivity contribution is 0.0600. The molecule has 0 N–H and O–H groups in total. The fraction of sp³-hybridized carbons (Fsp3) is 0.154. The summed E-state index contributed by atoms with van der Waals surface area (Å²) in [7, 11) is 1.37. The first-order valence-corrected chi connectivity index (χ1v) is 9.75. The zero-order chi connectivity index (χ0) is 21.3. The van der Waals surface area contributed by atoms with Gasteiger partial charge in [0.2, 0.25) is 0 Å². The lowest BCUT2D eigenvalue weighted by atomic mass is 9.89. The van der Waals surface area contributed by atoms with Crippen LogP contribution in [0.15, 0.2) is 66.7 Å². The number of Topliss-reactive ketones (excluding diaryl/α,β-unsaturated/α-hetero) is 1. The summed E-state index contributed by atoms with van der Waals surface area (Å²) in [6, 6.07) is 21.1. The Morgan fingerprint density at radius 3 is 1.97 bits per heavy atom. The predicted octanol–water partition coefficient (Wildman–Crippen LogP) is 5.34. The average Bonchev–Trinajstić information content (AvgIpc) is 3.17. The largest absolute Gasteiger partial charge is 0.488 e. The maximum atomic E-state index is 11.8. The molecule has 3 aromatic rings. The van der Waals surface area contributed by atoms with Crippen LogP contribution in [0.5, 0.6) is 5.75 Å². The van der Waals surface area contributed by atoms with Crippen LogP contribution in [0.25, 0.3) is 11.1 Å². The Bertz CT molecular complexity index is 1150. The third kappa shape index (κ3) is 3.64. The molecule has 150 valence electrons. The Morgan fingerprint density at radius 2 is 1.40 bits per heavy atom. The van der Waals surface area contributed by atoms with E-state index in [0.29, 0.717) is 17.7 Å². The summed E-state index contributed by atoms with van der Waals surface area (Å²) < 4.78 is 10.8. The molecule has 0 spiro atoms. The maximum absolute atomic E-state index is 11.8. The van der Waals surface area contributed by atoms with E-state index in [1.807, 2.05) is 48.5 Å². The molecule has 30 heavy (non-hydrogen) atoms. The van der Waals surface area contributed by atoms with Gasteiger partial charge >= 0.3 is 5.97 Å². The van der Waals surface area contributed by atoms with Crippen molar-refractivity contribution >= 4 is 22.9 Å². The lowest BCUT2D eigenvalue weighted by Crippen LogP contribution is -2.02. The molecule has 0 amide bonds. The van der Waals surface area contributed by atoms with Crippen LogP contribution in [0.4, 0.5) is 0 Å². The van der Waals surface area contributed by atoms with Gasteiger partial charge in [-0.05, 0) is 54.8 Å². The van der Waals surface area contributed by atoms with Crippen LogP contribution in [0.2, 0.25) is 0 Å². The van der Waals surface area contributed by atoms with Crippen molar-refractivity contribution in [2.45, 2.75) is 13.8 Å². The van der Waals surface area contributed by atoms with E-state index < -0.39 is 0 Å². The normalized spacial score (nSPS) is 14.0. The van der Waals surface area contributed by atoms with Gasteiger partial charge in [-0.1, -0.05) is 48.0 Å². The second-order valence-electron chi connectivity index (χ2n) is 7.34.